The highest BCUT2D eigenvalue weighted by Gasteiger charge is 2.13. The summed E-state index contributed by atoms with van der Waals surface area (Å²) in [5.41, 5.74) is 0.692. The number of amides is 1. The Kier molecular flexibility index (Phi) is 7.03. The van der Waals surface area contributed by atoms with Crippen molar-refractivity contribution in [3.8, 4) is 5.75 Å². The molecule has 1 fully saturated rings. The average molecular weight is 307 g/mol. The van der Waals surface area contributed by atoms with E-state index >= 15 is 0 Å². The fourth-order valence-electron chi connectivity index (χ4n) is 2.77. The summed E-state index contributed by atoms with van der Waals surface area (Å²) in [5, 5.41) is 2.73. The van der Waals surface area contributed by atoms with Crippen LogP contribution in [-0.4, -0.2) is 38.9 Å². The summed E-state index contributed by atoms with van der Waals surface area (Å²) in [7, 11) is 0. The molecule has 22 heavy (non-hydrogen) atoms. The van der Waals surface area contributed by atoms with Crippen molar-refractivity contribution in [1.82, 2.24) is 0 Å². The quantitative estimate of drug-likeness (QED) is 0.759. The van der Waals surface area contributed by atoms with Crippen LogP contribution in [0.2, 0.25) is 0 Å². The lowest BCUT2D eigenvalue weighted by atomic mass is 10.1. The zero-order chi connectivity index (χ0) is 15.6. The van der Waals surface area contributed by atoms with E-state index in [2.05, 4.69) is 5.32 Å². The number of piperidine rings is 1. The third kappa shape index (κ3) is 5.93. The number of anilines is 1. The fraction of sp³-hybridized carbons (Fsp3) is 0.588. The number of carbonyl (C=O) groups excluding carboxylic acids is 1. The molecule has 2 rings (SSSR count). The Morgan fingerprint density at radius 1 is 1.27 bits per heavy atom. The molecule has 122 valence electrons. The Hall–Kier alpha value is -1.75. The summed E-state index contributed by atoms with van der Waals surface area (Å²) < 4.78 is 10.6. The maximum absolute atomic E-state index is 11.8. The molecule has 0 spiro atoms. The maximum Gasteiger partial charge on any atom is 0.411 e. The molecule has 0 aromatic heterocycles. The van der Waals surface area contributed by atoms with Crippen molar-refractivity contribution in [1.29, 1.82) is 0 Å². The van der Waals surface area contributed by atoms with Crippen molar-refractivity contribution >= 4 is 11.8 Å². The van der Waals surface area contributed by atoms with E-state index in [0.717, 1.165) is 18.7 Å². The molecule has 5 nitrogen and oxygen atoms in total. The molecule has 0 radical (unpaired) electrons. The average Bonchev–Trinajstić information content (AvgIpc) is 2.53. The van der Waals surface area contributed by atoms with Gasteiger partial charge >= 0.3 is 6.09 Å². The van der Waals surface area contributed by atoms with E-state index in [1.165, 1.54) is 32.4 Å². The Morgan fingerprint density at radius 2 is 2.09 bits per heavy atom. The molecule has 2 N–H and O–H groups in total. The van der Waals surface area contributed by atoms with Crippen LogP contribution in [-0.2, 0) is 4.74 Å². The lowest BCUT2D eigenvalue weighted by Crippen LogP contribution is -3.12. The van der Waals surface area contributed by atoms with E-state index in [1.54, 1.807) is 11.0 Å². The van der Waals surface area contributed by atoms with Gasteiger partial charge in [-0.15, -0.1) is 0 Å². The van der Waals surface area contributed by atoms with Gasteiger partial charge in [0.15, 0.2) is 0 Å². The van der Waals surface area contributed by atoms with Crippen molar-refractivity contribution < 1.29 is 19.2 Å². The lowest BCUT2D eigenvalue weighted by molar-refractivity contribution is -0.905. The summed E-state index contributed by atoms with van der Waals surface area (Å²) in [6.07, 6.45) is 4.53. The number of hydrogen-bond acceptors (Lipinski definition) is 3. The van der Waals surface area contributed by atoms with Crippen LogP contribution >= 0.6 is 0 Å². The highest BCUT2D eigenvalue weighted by Crippen LogP contribution is 2.17. The first-order valence-corrected chi connectivity index (χ1v) is 8.28. The zero-order valence-electron chi connectivity index (χ0n) is 13.4. The van der Waals surface area contributed by atoms with Crippen molar-refractivity contribution in [2.45, 2.75) is 32.6 Å². The van der Waals surface area contributed by atoms with Gasteiger partial charge in [0, 0.05) is 18.2 Å². The molecule has 0 bridgehead atoms. The van der Waals surface area contributed by atoms with E-state index in [1.807, 2.05) is 25.1 Å². The van der Waals surface area contributed by atoms with Gasteiger partial charge in [-0.2, -0.15) is 0 Å². The van der Waals surface area contributed by atoms with E-state index < -0.39 is 6.09 Å². The molecule has 1 amide bonds. The topological polar surface area (TPSA) is 52.0 Å². The zero-order valence-corrected chi connectivity index (χ0v) is 13.4. The third-order valence-corrected chi connectivity index (χ3v) is 3.86. The van der Waals surface area contributed by atoms with Crippen LogP contribution in [0.15, 0.2) is 24.3 Å². The van der Waals surface area contributed by atoms with Crippen molar-refractivity contribution in [2.75, 3.05) is 38.2 Å². The second-order valence-corrected chi connectivity index (χ2v) is 5.64. The number of rotatable bonds is 7. The van der Waals surface area contributed by atoms with Gasteiger partial charge in [0.25, 0.3) is 0 Å². The molecule has 1 saturated heterocycles. The SMILES string of the molecule is CCOc1cccc(NC(=O)OCCC[NH+]2CCCCC2)c1. The van der Waals surface area contributed by atoms with Crippen LogP contribution in [0, 0.1) is 0 Å². The molecule has 1 aliphatic heterocycles. The predicted molar refractivity (Wildman–Crippen MR) is 86.6 cm³/mol. The number of carbonyl (C=O) groups is 1. The number of nitrogens with one attached hydrogen (secondary N) is 2. The van der Waals surface area contributed by atoms with E-state index in [0.29, 0.717) is 18.9 Å². The van der Waals surface area contributed by atoms with Gasteiger partial charge in [-0.25, -0.2) is 4.79 Å². The number of hydrogen-bond donors (Lipinski definition) is 2. The van der Waals surface area contributed by atoms with Gasteiger partial charge in [0.05, 0.1) is 32.8 Å². The molecule has 5 heteroatoms. The Bertz CT molecular complexity index is 459. The minimum absolute atomic E-state index is 0.401. The Labute approximate surface area is 132 Å². The number of ether oxygens (including phenoxy) is 2. The molecule has 0 saturated carbocycles. The van der Waals surface area contributed by atoms with Gasteiger partial charge in [-0.05, 0) is 38.3 Å². The minimum atomic E-state index is -0.401. The summed E-state index contributed by atoms with van der Waals surface area (Å²) >= 11 is 0. The number of quaternary nitrogens is 1. The second kappa shape index (κ2) is 9.30. The van der Waals surface area contributed by atoms with Crippen LogP contribution in [0.3, 0.4) is 0 Å². The van der Waals surface area contributed by atoms with Gasteiger partial charge in [0.2, 0.25) is 0 Å². The van der Waals surface area contributed by atoms with Gasteiger partial charge in [-0.3, -0.25) is 5.32 Å². The minimum Gasteiger partial charge on any atom is -0.494 e. The highest BCUT2D eigenvalue weighted by molar-refractivity contribution is 5.84. The molecule has 1 aromatic rings. The van der Waals surface area contributed by atoms with Crippen molar-refractivity contribution in [3.05, 3.63) is 24.3 Å². The first kappa shape index (κ1) is 16.6. The van der Waals surface area contributed by atoms with Crippen LogP contribution in [0.1, 0.15) is 32.6 Å². The van der Waals surface area contributed by atoms with Crippen LogP contribution in [0.4, 0.5) is 10.5 Å². The number of benzene rings is 1. The van der Waals surface area contributed by atoms with E-state index in [4.69, 9.17) is 9.47 Å². The first-order chi connectivity index (χ1) is 10.8. The molecular weight excluding hydrogens is 280 g/mol. The summed E-state index contributed by atoms with van der Waals surface area (Å²) in [6, 6.07) is 7.33. The van der Waals surface area contributed by atoms with Gasteiger partial charge < -0.3 is 14.4 Å². The van der Waals surface area contributed by atoms with Gasteiger partial charge in [-0.1, -0.05) is 6.07 Å². The number of likely N-dealkylation sites (tertiary alicyclic amines) is 1. The first-order valence-electron chi connectivity index (χ1n) is 8.28. The fourth-order valence-corrected chi connectivity index (χ4v) is 2.77. The molecule has 1 aliphatic rings. The van der Waals surface area contributed by atoms with Gasteiger partial charge in [0.1, 0.15) is 5.75 Å². The van der Waals surface area contributed by atoms with E-state index in [-0.39, 0.29) is 0 Å². The Balaban J connectivity index is 1.63. The molecule has 0 unspecified atom stereocenters. The van der Waals surface area contributed by atoms with Crippen LogP contribution in [0.25, 0.3) is 0 Å². The van der Waals surface area contributed by atoms with Crippen molar-refractivity contribution in [3.63, 3.8) is 0 Å². The maximum atomic E-state index is 11.8. The van der Waals surface area contributed by atoms with E-state index in [9.17, 15) is 4.79 Å². The third-order valence-electron chi connectivity index (χ3n) is 3.86. The van der Waals surface area contributed by atoms with Crippen LogP contribution in [0.5, 0.6) is 5.75 Å². The summed E-state index contributed by atoms with van der Waals surface area (Å²) in [4.78, 5) is 13.4. The molecule has 0 aliphatic carbocycles. The summed E-state index contributed by atoms with van der Waals surface area (Å²) in [5.74, 6) is 0.744. The van der Waals surface area contributed by atoms with Crippen molar-refractivity contribution in [2.24, 2.45) is 0 Å². The largest absolute Gasteiger partial charge is 0.494 e. The standard InChI is InChI=1S/C17H26N2O3/c1-2-21-16-9-6-8-15(14-16)18-17(20)22-13-7-12-19-10-4-3-5-11-19/h6,8-9,14H,2-5,7,10-13H2,1H3,(H,18,20)/p+1. The normalized spacial score (nSPS) is 15.3. The highest BCUT2D eigenvalue weighted by atomic mass is 16.5. The monoisotopic (exact) mass is 307 g/mol. The van der Waals surface area contributed by atoms with Crippen LogP contribution < -0.4 is 15.0 Å². The molecule has 0 atom stereocenters. The molecule has 1 heterocycles. The predicted octanol–water partition coefficient (Wildman–Crippen LogP) is 2.09. The Morgan fingerprint density at radius 3 is 2.86 bits per heavy atom. The smallest absolute Gasteiger partial charge is 0.411 e. The lowest BCUT2D eigenvalue weighted by Gasteiger charge is -2.23. The molecule has 1 aromatic carbocycles. The second-order valence-electron chi connectivity index (χ2n) is 5.64. The molecular formula is C17H27N2O3+. The summed E-state index contributed by atoms with van der Waals surface area (Å²) in [6.45, 7) is 6.62.